The summed E-state index contributed by atoms with van der Waals surface area (Å²) in [6, 6.07) is 7.67. The summed E-state index contributed by atoms with van der Waals surface area (Å²) >= 11 is 0. The number of carbonyl (C=O) groups excluding carboxylic acids is 1. The van der Waals surface area contributed by atoms with E-state index in [9.17, 15) is 4.79 Å². The Bertz CT molecular complexity index is 401. The van der Waals surface area contributed by atoms with E-state index in [0.29, 0.717) is 11.8 Å². The van der Waals surface area contributed by atoms with E-state index in [-0.39, 0.29) is 5.91 Å². The molecule has 0 bridgehead atoms. The van der Waals surface area contributed by atoms with Gasteiger partial charge >= 0.3 is 0 Å². The smallest absolute Gasteiger partial charge is 0.253 e. The summed E-state index contributed by atoms with van der Waals surface area (Å²) in [5, 5.41) is 6.31. The van der Waals surface area contributed by atoms with Gasteiger partial charge in [0, 0.05) is 18.8 Å². The lowest BCUT2D eigenvalue weighted by Crippen LogP contribution is -2.30. The average molecular weight is 262 g/mol. The average Bonchev–Trinajstić information content (AvgIpc) is 2.42. The SMILES string of the molecule is CCCNc1ccccc1C(=O)NCC(C)C(C)C. The molecule has 0 aromatic heterocycles. The van der Waals surface area contributed by atoms with Crippen molar-refractivity contribution in [2.24, 2.45) is 11.8 Å². The first-order valence-corrected chi connectivity index (χ1v) is 7.17. The van der Waals surface area contributed by atoms with Crippen LogP contribution in [0.15, 0.2) is 24.3 Å². The van der Waals surface area contributed by atoms with Crippen LogP contribution in [-0.4, -0.2) is 19.0 Å². The zero-order valence-electron chi connectivity index (χ0n) is 12.5. The van der Waals surface area contributed by atoms with Gasteiger partial charge in [-0.05, 0) is 30.4 Å². The number of hydrogen-bond acceptors (Lipinski definition) is 2. The molecule has 1 amide bonds. The zero-order chi connectivity index (χ0) is 14.3. The van der Waals surface area contributed by atoms with Crippen LogP contribution in [0.25, 0.3) is 0 Å². The molecule has 19 heavy (non-hydrogen) atoms. The molecule has 1 aromatic carbocycles. The maximum atomic E-state index is 12.2. The molecule has 0 aliphatic heterocycles. The van der Waals surface area contributed by atoms with Gasteiger partial charge in [-0.2, -0.15) is 0 Å². The highest BCUT2D eigenvalue weighted by atomic mass is 16.1. The molecule has 3 heteroatoms. The van der Waals surface area contributed by atoms with E-state index < -0.39 is 0 Å². The van der Waals surface area contributed by atoms with Crippen molar-refractivity contribution in [1.29, 1.82) is 0 Å². The predicted molar refractivity (Wildman–Crippen MR) is 81.6 cm³/mol. The molecule has 3 nitrogen and oxygen atoms in total. The van der Waals surface area contributed by atoms with Crippen LogP contribution in [0.5, 0.6) is 0 Å². The van der Waals surface area contributed by atoms with Gasteiger partial charge in [0.05, 0.1) is 5.56 Å². The van der Waals surface area contributed by atoms with Crippen LogP contribution in [0.3, 0.4) is 0 Å². The highest BCUT2D eigenvalue weighted by Gasteiger charge is 2.13. The Labute approximate surface area is 116 Å². The Balaban J connectivity index is 2.65. The van der Waals surface area contributed by atoms with Crippen LogP contribution < -0.4 is 10.6 Å². The third-order valence-electron chi connectivity index (χ3n) is 3.46. The minimum atomic E-state index is 0.00621. The highest BCUT2D eigenvalue weighted by molar-refractivity contribution is 5.99. The fourth-order valence-electron chi connectivity index (χ4n) is 1.68. The van der Waals surface area contributed by atoms with Crippen molar-refractivity contribution >= 4 is 11.6 Å². The van der Waals surface area contributed by atoms with Gasteiger partial charge in [-0.3, -0.25) is 4.79 Å². The van der Waals surface area contributed by atoms with Crippen molar-refractivity contribution in [3.05, 3.63) is 29.8 Å². The van der Waals surface area contributed by atoms with E-state index in [0.717, 1.165) is 30.8 Å². The molecule has 1 aromatic rings. The lowest BCUT2D eigenvalue weighted by molar-refractivity contribution is 0.0945. The Morgan fingerprint density at radius 1 is 1.21 bits per heavy atom. The standard InChI is InChI=1S/C16H26N2O/c1-5-10-17-15-9-7-6-8-14(15)16(19)18-11-13(4)12(2)3/h6-9,12-13,17H,5,10-11H2,1-4H3,(H,18,19). The molecule has 0 aliphatic rings. The van der Waals surface area contributed by atoms with E-state index >= 15 is 0 Å². The van der Waals surface area contributed by atoms with E-state index in [1.807, 2.05) is 24.3 Å². The summed E-state index contributed by atoms with van der Waals surface area (Å²) in [7, 11) is 0. The van der Waals surface area contributed by atoms with Crippen molar-refractivity contribution in [3.63, 3.8) is 0 Å². The lowest BCUT2D eigenvalue weighted by Gasteiger charge is -2.17. The normalized spacial score (nSPS) is 12.3. The predicted octanol–water partition coefficient (Wildman–Crippen LogP) is 3.53. The van der Waals surface area contributed by atoms with Crippen LogP contribution in [0.2, 0.25) is 0 Å². The molecule has 0 heterocycles. The molecule has 0 aliphatic carbocycles. The van der Waals surface area contributed by atoms with Gasteiger partial charge in [-0.15, -0.1) is 0 Å². The summed E-state index contributed by atoms with van der Waals surface area (Å²) in [5.41, 5.74) is 1.64. The first kappa shape index (κ1) is 15.5. The van der Waals surface area contributed by atoms with Crippen molar-refractivity contribution < 1.29 is 4.79 Å². The van der Waals surface area contributed by atoms with Crippen LogP contribution >= 0.6 is 0 Å². The zero-order valence-corrected chi connectivity index (χ0v) is 12.5. The summed E-state index contributed by atoms with van der Waals surface area (Å²) in [6.07, 6.45) is 1.04. The third-order valence-corrected chi connectivity index (χ3v) is 3.46. The Morgan fingerprint density at radius 3 is 2.53 bits per heavy atom. The molecular weight excluding hydrogens is 236 g/mol. The maximum absolute atomic E-state index is 12.2. The lowest BCUT2D eigenvalue weighted by atomic mass is 9.98. The maximum Gasteiger partial charge on any atom is 0.253 e. The van der Waals surface area contributed by atoms with Gasteiger partial charge in [-0.1, -0.05) is 39.8 Å². The number of nitrogens with one attached hydrogen (secondary N) is 2. The minimum absolute atomic E-state index is 0.00621. The number of benzene rings is 1. The van der Waals surface area contributed by atoms with E-state index in [2.05, 4.69) is 38.3 Å². The number of anilines is 1. The molecule has 106 valence electrons. The largest absolute Gasteiger partial charge is 0.384 e. The van der Waals surface area contributed by atoms with Gasteiger partial charge in [-0.25, -0.2) is 0 Å². The van der Waals surface area contributed by atoms with Gasteiger partial charge < -0.3 is 10.6 Å². The minimum Gasteiger partial charge on any atom is -0.384 e. The molecule has 0 saturated heterocycles. The van der Waals surface area contributed by atoms with Gasteiger partial charge in [0.2, 0.25) is 0 Å². The topological polar surface area (TPSA) is 41.1 Å². The first-order chi connectivity index (χ1) is 9.06. The third kappa shape index (κ3) is 4.93. The van der Waals surface area contributed by atoms with E-state index in [4.69, 9.17) is 0 Å². The van der Waals surface area contributed by atoms with Crippen molar-refractivity contribution in [1.82, 2.24) is 5.32 Å². The fraction of sp³-hybridized carbons (Fsp3) is 0.562. The van der Waals surface area contributed by atoms with Crippen LogP contribution in [-0.2, 0) is 0 Å². The number of amides is 1. The van der Waals surface area contributed by atoms with Crippen molar-refractivity contribution in [2.45, 2.75) is 34.1 Å². The Morgan fingerprint density at radius 2 is 1.89 bits per heavy atom. The monoisotopic (exact) mass is 262 g/mol. The molecule has 0 spiro atoms. The number of rotatable bonds is 7. The molecular formula is C16H26N2O. The Hall–Kier alpha value is -1.51. The molecule has 2 N–H and O–H groups in total. The molecule has 0 radical (unpaired) electrons. The molecule has 1 atom stereocenters. The first-order valence-electron chi connectivity index (χ1n) is 7.17. The van der Waals surface area contributed by atoms with Gasteiger partial charge in [0.25, 0.3) is 5.91 Å². The second kappa shape index (κ2) is 7.82. The summed E-state index contributed by atoms with van der Waals surface area (Å²) in [4.78, 5) is 12.2. The van der Waals surface area contributed by atoms with Crippen LogP contribution in [0.4, 0.5) is 5.69 Å². The molecule has 1 unspecified atom stereocenters. The van der Waals surface area contributed by atoms with Gasteiger partial charge in [0.15, 0.2) is 0 Å². The summed E-state index contributed by atoms with van der Waals surface area (Å²) in [6.45, 7) is 10.2. The molecule has 0 fully saturated rings. The highest BCUT2D eigenvalue weighted by Crippen LogP contribution is 2.15. The molecule has 1 rings (SSSR count). The fourth-order valence-corrected chi connectivity index (χ4v) is 1.68. The summed E-state index contributed by atoms with van der Waals surface area (Å²) < 4.78 is 0. The number of hydrogen-bond donors (Lipinski definition) is 2. The van der Waals surface area contributed by atoms with E-state index in [1.54, 1.807) is 0 Å². The molecule has 0 saturated carbocycles. The van der Waals surface area contributed by atoms with Crippen LogP contribution in [0.1, 0.15) is 44.5 Å². The van der Waals surface area contributed by atoms with Gasteiger partial charge in [0.1, 0.15) is 0 Å². The second-order valence-corrected chi connectivity index (χ2v) is 5.40. The Kier molecular flexibility index (Phi) is 6.40. The van der Waals surface area contributed by atoms with Crippen molar-refractivity contribution in [3.8, 4) is 0 Å². The number of carbonyl (C=O) groups is 1. The van der Waals surface area contributed by atoms with E-state index in [1.165, 1.54) is 0 Å². The second-order valence-electron chi connectivity index (χ2n) is 5.40. The van der Waals surface area contributed by atoms with Crippen molar-refractivity contribution in [2.75, 3.05) is 18.4 Å². The summed E-state index contributed by atoms with van der Waals surface area (Å²) in [5.74, 6) is 1.07. The number of para-hydroxylation sites is 1. The van der Waals surface area contributed by atoms with Crippen LogP contribution in [0, 0.1) is 11.8 Å². The quantitative estimate of drug-likeness (QED) is 0.789.